The minimum absolute atomic E-state index is 0.0135. The maximum absolute atomic E-state index is 13.2. The van der Waals surface area contributed by atoms with Crippen LogP contribution in [0.15, 0.2) is 40.1 Å². The van der Waals surface area contributed by atoms with Gasteiger partial charge in [0, 0.05) is 49.0 Å². The van der Waals surface area contributed by atoms with Crippen molar-refractivity contribution in [1.82, 2.24) is 19.4 Å². The molecule has 3 aromatic rings. The molecule has 0 aromatic carbocycles. The van der Waals surface area contributed by atoms with Crippen LogP contribution < -0.4 is 11.1 Å². The number of pyridine rings is 3. The molecule has 150 valence electrons. The van der Waals surface area contributed by atoms with Gasteiger partial charge in [0.2, 0.25) is 0 Å². The van der Waals surface area contributed by atoms with Gasteiger partial charge in [-0.1, -0.05) is 6.07 Å². The van der Waals surface area contributed by atoms with E-state index in [2.05, 4.69) is 9.97 Å². The SMILES string of the molecule is Cc1cc(C)n(C)c(=O)c1C(=O)N1CCC[C@@H](c2cc3cccnc3c(=O)[nH]2)C1. The quantitative estimate of drug-likeness (QED) is 0.725. The van der Waals surface area contributed by atoms with E-state index in [1.165, 1.54) is 4.57 Å². The summed E-state index contributed by atoms with van der Waals surface area (Å²) in [7, 11) is 1.68. The third-order valence-corrected chi connectivity index (χ3v) is 5.85. The molecule has 1 aliphatic heterocycles. The number of hydrogen-bond acceptors (Lipinski definition) is 4. The molecule has 1 saturated heterocycles. The van der Waals surface area contributed by atoms with Crippen molar-refractivity contribution < 1.29 is 4.79 Å². The van der Waals surface area contributed by atoms with Crippen LogP contribution in [0.5, 0.6) is 0 Å². The number of aryl methyl sites for hydroxylation is 2. The number of carbonyl (C=O) groups is 1. The van der Waals surface area contributed by atoms with E-state index in [1.807, 2.05) is 25.1 Å². The Hall–Kier alpha value is -3.22. The molecule has 1 atom stereocenters. The van der Waals surface area contributed by atoms with Crippen LogP contribution in [0.2, 0.25) is 0 Å². The number of amides is 1. The molecule has 3 aromatic heterocycles. The van der Waals surface area contributed by atoms with Crippen LogP contribution in [0.1, 0.15) is 46.1 Å². The lowest BCUT2D eigenvalue weighted by Gasteiger charge is -2.33. The summed E-state index contributed by atoms with van der Waals surface area (Å²) in [6, 6.07) is 7.48. The predicted molar refractivity (Wildman–Crippen MR) is 111 cm³/mol. The summed E-state index contributed by atoms with van der Waals surface area (Å²) in [5, 5.41) is 0.790. The van der Waals surface area contributed by atoms with E-state index in [1.54, 1.807) is 31.1 Å². The average molecular weight is 392 g/mol. The molecule has 0 radical (unpaired) electrons. The number of carbonyl (C=O) groups excluding carboxylic acids is 1. The van der Waals surface area contributed by atoms with Gasteiger partial charge in [0.25, 0.3) is 17.0 Å². The van der Waals surface area contributed by atoms with Gasteiger partial charge in [0.05, 0.1) is 0 Å². The highest BCUT2D eigenvalue weighted by Gasteiger charge is 2.29. The Labute approximate surface area is 168 Å². The first-order valence-electron chi connectivity index (χ1n) is 9.81. The summed E-state index contributed by atoms with van der Waals surface area (Å²) in [6.45, 7) is 4.73. The van der Waals surface area contributed by atoms with Gasteiger partial charge in [-0.25, -0.2) is 0 Å². The van der Waals surface area contributed by atoms with Crippen LogP contribution in [0.4, 0.5) is 0 Å². The fraction of sp³-hybridized carbons (Fsp3) is 0.364. The zero-order chi connectivity index (χ0) is 20.7. The molecular formula is C22H24N4O3. The summed E-state index contributed by atoms with van der Waals surface area (Å²) in [5.41, 5.74) is 2.49. The fourth-order valence-corrected chi connectivity index (χ4v) is 4.15. The van der Waals surface area contributed by atoms with Gasteiger partial charge >= 0.3 is 0 Å². The first-order valence-corrected chi connectivity index (χ1v) is 9.81. The number of hydrogen-bond donors (Lipinski definition) is 1. The third kappa shape index (κ3) is 3.37. The number of H-pyrrole nitrogens is 1. The largest absolute Gasteiger partial charge is 0.338 e. The Morgan fingerprint density at radius 2 is 2.03 bits per heavy atom. The van der Waals surface area contributed by atoms with Crippen LogP contribution in [-0.2, 0) is 7.05 Å². The molecule has 1 fully saturated rings. The van der Waals surface area contributed by atoms with Crippen molar-refractivity contribution in [3.63, 3.8) is 0 Å². The highest BCUT2D eigenvalue weighted by Crippen LogP contribution is 2.27. The second-order valence-electron chi connectivity index (χ2n) is 7.79. The van der Waals surface area contributed by atoms with Crippen LogP contribution in [0, 0.1) is 13.8 Å². The maximum atomic E-state index is 13.2. The first-order chi connectivity index (χ1) is 13.9. The second kappa shape index (κ2) is 7.31. The highest BCUT2D eigenvalue weighted by molar-refractivity contribution is 5.95. The number of nitrogens with one attached hydrogen (secondary N) is 1. The number of aromatic nitrogens is 3. The molecular weight excluding hydrogens is 368 g/mol. The van der Waals surface area contributed by atoms with Gasteiger partial charge in [0.15, 0.2) is 0 Å². The Morgan fingerprint density at radius 3 is 2.83 bits per heavy atom. The van der Waals surface area contributed by atoms with E-state index >= 15 is 0 Å². The van der Waals surface area contributed by atoms with E-state index in [0.717, 1.165) is 29.6 Å². The van der Waals surface area contributed by atoms with Gasteiger partial charge in [-0.3, -0.25) is 19.4 Å². The lowest BCUT2D eigenvalue weighted by molar-refractivity contribution is 0.0702. The molecule has 0 unspecified atom stereocenters. The van der Waals surface area contributed by atoms with Crippen molar-refractivity contribution in [1.29, 1.82) is 0 Å². The van der Waals surface area contributed by atoms with E-state index < -0.39 is 0 Å². The van der Waals surface area contributed by atoms with Crippen molar-refractivity contribution >= 4 is 16.8 Å². The van der Waals surface area contributed by atoms with Crippen molar-refractivity contribution in [2.24, 2.45) is 7.05 Å². The molecule has 0 aliphatic carbocycles. The average Bonchev–Trinajstić information content (AvgIpc) is 2.72. The molecule has 1 aliphatic rings. The summed E-state index contributed by atoms with van der Waals surface area (Å²) in [4.78, 5) is 47.1. The summed E-state index contributed by atoms with van der Waals surface area (Å²) in [5.74, 6) is -0.225. The van der Waals surface area contributed by atoms with Gasteiger partial charge in [-0.2, -0.15) is 0 Å². The molecule has 0 spiro atoms. The van der Waals surface area contributed by atoms with Crippen molar-refractivity contribution in [3.8, 4) is 0 Å². The third-order valence-electron chi connectivity index (χ3n) is 5.85. The summed E-state index contributed by atoms with van der Waals surface area (Å²) < 4.78 is 1.51. The monoisotopic (exact) mass is 392 g/mol. The Balaban J connectivity index is 1.66. The molecule has 1 amide bonds. The minimum Gasteiger partial charge on any atom is -0.338 e. The molecule has 4 rings (SSSR count). The van der Waals surface area contributed by atoms with E-state index in [0.29, 0.717) is 24.2 Å². The zero-order valence-electron chi connectivity index (χ0n) is 16.9. The topological polar surface area (TPSA) is 88.1 Å². The van der Waals surface area contributed by atoms with Crippen molar-refractivity contribution in [2.45, 2.75) is 32.6 Å². The van der Waals surface area contributed by atoms with Crippen LogP contribution >= 0.6 is 0 Å². The lowest BCUT2D eigenvalue weighted by atomic mass is 9.93. The fourth-order valence-electron chi connectivity index (χ4n) is 4.15. The number of piperidine rings is 1. The predicted octanol–water partition coefficient (Wildman–Crippen LogP) is 2.26. The molecule has 1 N–H and O–H groups in total. The molecule has 0 saturated carbocycles. The normalized spacial score (nSPS) is 16.9. The molecule has 0 bridgehead atoms. The van der Waals surface area contributed by atoms with Gasteiger partial charge in [0.1, 0.15) is 11.1 Å². The first kappa shape index (κ1) is 19.1. The Morgan fingerprint density at radius 1 is 1.24 bits per heavy atom. The smallest absolute Gasteiger partial charge is 0.274 e. The number of fused-ring (bicyclic) bond motifs is 1. The molecule has 29 heavy (non-hydrogen) atoms. The lowest BCUT2D eigenvalue weighted by Crippen LogP contribution is -2.42. The Bertz CT molecular complexity index is 1220. The van der Waals surface area contributed by atoms with Crippen molar-refractivity contribution in [2.75, 3.05) is 13.1 Å². The standard InChI is InChI=1S/C22H24N4O3/c1-13-10-14(2)25(3)21(28)18(13)22(29)26-9-5-7-16(12-26)17-11-15-6-4-8-23-19(15)20(27)24-17/h4,6,8,10-11,16H,5,7,9,12H2,1-3H3,(H,24,27)/t16-/m1/s1. The number of nitrogens with zero attached hydrogens (tertiary/aromatic N) is 3. The number of aromatic amines is 1. The number of likely N-dealkylation sites (tertiary alicyclic amines) is 1. The van der Waals surface area contributed by atoms with Gasteiger partial charge in [-0.05, 0) is 50.5 Å². The zero-order valence-corrected chi connectivity index (χ0v) is 16.9. The minimum atomic E-state index is -0.264. The Kier molecular flexibility index (Phi) is 4.82. The maximum Gasteiger partial charge on any atom is 0.274 e. The summed E-state index contributed by atoms with van der Waals surface area (Å²) in [6.07, 6.45) is 3.29. The second-order valence-corrected chi connectivity index (χ2v) is 7.79. The van der Waals surface area contributed by atoms with Crippen LogP contribution in [-0.4, -0.2) is 38.4 Å². The van der Waals surface area contributed by atoms with E-state index in [9.17, 15) is 14.4 Å². The van der Waals surface area contributed by atoms with Crippen molar-refractivity contribution in [3.05, 3.63) is 73.7 Å². The summed E-state index contributed by atoms with van der Waals surface area (Å²) >= 11 is 0. The molecule has 7 nitrogen and oxygen atoms in total. The van der Waals surface area contributed by atoms with E-state index in [-0.39, 0.29) is 28.5 Å². The molecule has 7 heteroatoms. The van der Waals surface area contributed by atoms with Gasteiger partial charge in [-0.15, -0.1) is 0 Å². The van der Waals surface area contributed by atoms with Gasteiger partial charge < -0.3 is 14.5 Å². The van der Waals surface area contributed by atoms with Crippen LogP contribution in [0.25, 0.3) is 10.9 Å². The highest BCUT2D eigenvalue weighted by atomic mass is 16.2. The number of rotatable bonds is 2. The van der Waals surface area contributed by atoms with E-state index in [4.69, 9.17) is 0 Å². The molecule has 4 heterocycles. The van der Waals surface area contributed by atoms with Crippen LogP contribution in [0.3, 0.4) is 0 Å².